The molecule has 2 heterocycles. The van der Waals surface area contributed by atoms with Crippen LogP contribution in [0.4, 0.5) is 5.00 Å². The molecule has 0 bridgehead atoms. The SMILES string of the molecule is COc1ccc(SCC(=O)Nc2sc3c(c2-c2nc4ccccc4s2)CCCC3)cc1. The Morgan fingerprint density at radius 3 is 2.71 bits per heavy atom. The molecular formula is C24H22N2O2S3. The monoisotopic (exact) mass is 466 g/mol. The van der Waals surface area contributed by atoms with E-state index in [4.69, 9.17) is 9.72 Å². The first-order valence-corrected chi connectivity index (χ1v) is 12.9. The molecule has 7 heteroatoms. The molecule has 0 saturated carbocycles. The normalized spacial score (nSPS) is 13.2. The van der Waals surface area contributed by atoms with Gasteiger partial charge in [-0.3, -0.25) is 4.79 Å². The Morgan fingerprint density at radius 1 is 1.10 bits per heavy atom. The second-order valence-corrected chi connectivity index (χ2v) is 10.6. The van der Waals surface area contributed by atoms with Crippen LogP contribution in [0.1, 0.15) is 23.3 Å². The lowest BCUT2D eigenvalue weighted by atomic mass is 9.96. The maximum absolute atomic E-state index is 12.8. The summed E-state index contributed by atoms with van der Waals surface area (Å²) >= 11 is 4.97. The summed E-state index contributed by atoms with van der Waals surface area (Å²) in [5.74, 6) is 1.20. The third-order valence-corrected chi connectivity index (χ3v) is 8.63. The van der Waals surface area contributed by atoms with Gasteiger partial charge in [-0.2, -0.15) is 0 Å². The van der Waals surface area contributed by atoms with Gasteiger partial charge in [0.15, 0.2) is 0 Å². The van der Waals surface area contributed by atoms with Gasteiger partial charge in [0.1, 0.15) is 15.8 Å². The van der Waals surface area contributed by atoms with Crippen LogP contribution < -0.4 is 10.1 Å². The Bertz CT molecular complexity index is 1190. The highest BCUT2D eigenvalue weighted by Gasteiger charge is 2.25. The maximum Gasteiger partial charge on any atom is 0.235 e. The number of aryl methyl sites for hydroxylation is 1. The summed E-state index contributed by atoms with van der Waals surface area (Å²) in [4.78, 5) is 20.2. The van der Waals surface area contributed by atoms with Crippen LogP contribution in [-0.2, 0) is 17.6 Å². The molecular weight excluding hydrogens is 444 g/mol. The summed E-state index contributed by atoms with van der Waals surface area (Å²) in [6.45, 7) is 0. The average Bonchev–Trinajstić information content (AvgIpc) is 3.38. The van der Waals surface area contributed by atoms with Gasteiger partial charge in [0, 0.05) is 15.3 Å². The Morgan fingerprint density at radius 2 is 1.90 bits per heavy atom. The minimum Gasteiger partial charge on any atom is -0.497 e. The molecule has 4 nitrogen and oxygen atoms in total. The molecule has 2 aromatic carbocycles. The van der Waals surface area contributed by atoms with Crippen molar-refractivity contribution in [1.29, 1.82) is 0 Å². The standard InChI is InChI=1S/C24H22N2O2S3/c1-28-15-10-12-16(13-11-15)29-14-21(27)26-24-22(17-6-2-4-8-19(17)30-24)23-25-18-7-3-5-9-20(18)31-23/h3,5,7,9-13H,2,4,6,8,14H2,1H3,(H,26,27). The summed E-state index contributed by atoms with van der Waals surface area (Å²) in [6.07, 6.45) is 4.57. The van der Waals surface area contributed by atoms with Crippen LogP contribution in [0, 0.1) is 0 Å². The van der Waals surface area contributed by atoms with Crippen LogP contribution in [0.3, 0.4) is 0 Å². The number of hydrogen-bond acceptors (Lipinski definition) is 6. The molecule has 1 aliphatic rings. The lowest BCUT2D eigenvalue weighted by molar-refractivity contribution is -0.113. The Hall–Kier alpha value is -2.35. The number of aromatic nitrogens is 1. The molecule has 0 saturated heterocycles. The van der Waals surface area contributed by atoms with E-state index in [-0.39, 0.29) is 5.91 Å². The number of rotatable bonds is 6. The number of para-hydroxylation sites is 1. The number of amides is 1. The van der Waals surface area contributed by atoms with Gasteiger partial charge in [-0.15, -0.1) is 34.4 Å². The minimum atomic E-state index is 0.0155. The number of hydrogen-bond donors (Lipinski definition) is 1. The fourth-order valence-corrected chi connectivity index (χ4v) is 6.96. The maximum atomic E-state index is 12.8. The van der Waals surface area contributed by atoms with Crippen molar-refractivity contribution in [1.82, 2.24) is 4.98 Å². The Kier molecular flexibility index (Phi) is 5.98. The van der Waals surface area contributed by atoms with Crippen LogP contribution in [0.15, 0.2) is 53.4 Å². The molecule has 0 aliphatic heterocycles. The van der Waals surface area contributed by atoms with Crippen LogP contribution in [-0.4, -0.2) is 23.8 Å². The topological polar surface area (TPSA) is 51.2 Å². The number of fused-ring (bicyclic) bond motifs is 2. The van der Waals surface area contributed by atoms with E-state index in [0.29, 0.717) is 5.75 Å². The summed E-state index contributed by atoms with van der Waals surface area (Å²) < 4.78 is 6.38. The van der Waals surface area contributed by atoms with E-state index < -0.39 is 0 Å². The van der Waals surface area contributed by atoms with E-state index in [2.05, 4.69) is 17.4 Å². The zero-order chi connectivity index (χ0) is 21.2. The highest BCUT2D eigenvalue weighted by atomic mass is 32.2. The largest absolute Gasteiger partial charge is 0.497 e. The number of anilines is 1. The van der Waals surface area contributed by atoms with E-state index in [0.717, 1.165) is 44.6 Å². The van der Waals surface area contributed by atoms with Crippen LogP contribution in [0.2, 0.25) is 0 Å². The second kappa shape index (κ2) is 9.02. The highest BCUT2D eigenvalue weighted by molar-refractivity contribution is 8.00. The van der Waals surface area contributed by atoms with Crippen molar-refractivity contribution in [2.45, 2.75) is 30.6 Å². The van der Waals surface area contributed by atoms with Gasteiger partial charge >= 0.3 is 0 Å². The molecule has 1 amide bonds. The third-order valence-electron chi connectivity index (χ3n) is 5.36. The fourth-order valence-electron chi connectivity index (χ4n) is 3.84. The van der Waals surface area contributed by atoms with E-state index in [9.17, 15) is 4.79 Å². The highest BCUT2D eigenvalue weighted by Crippen LogP contribution is 2.46. The molecule has 0 unspecified atom stereocenters. The number of thiophene rings is 1. The first-order valence-electron chi connectivity index (χ1n) is 10.3. The van der Waals surface area contributed by atoms with E-state index in [1.54, 1.807) is 29.8 Å². The number of carbonyl (C=O) groups is 1. The first kappa shape index (κ1) is 20.5. The van der Waals surface area contributed by atoms with E-state index in [1.165, 1.54) is 39.7 Å². The zero-order valence-corrected chi connectivity index (χ0v) is 19.6. The predicted octanol–water partition coefficient (Wildman–Crippen LogP) is 6.64. The minimum absolute atomic E-state index is 0.0155. The summed E-state index contributed by atoms with van der Waals surface area (Å²) in [5.41, 5.74) is 3.54. The number of benzene rings is 2. The number of nitrogens with one attached hydrogen (secondary N) is 1. The predicted molar refractivity (Wildman–Crippen MR) is 132 cm³/mol. The third kappa shape index (κ3) is 4.35. The number of methoxy groups -OCH3 is 1. The van der Waals surface area contributed by atoms with E-state index in [1.807, 2.05) is 36.4 Å². The molecule has 1 N–H and O–H groups in total. The lowest BCUT2D eigenvalue weighted by Crippen LogP contribution is -2.13. The van der Waals surface area contributed by atoms with Gasteiger partial charge in [-0.25, -0.2) is 4.98 Å². The van der Waals surface area contributed by atoms with Crippen molar-refractivity contribution in [3.05, 3.63) is 59.0 Å². The van der Waals surface area contributed by atoms with Gasteiger partial charge in [0.25, 0.3) is 0 Å². The Balaban J connectivity index is 1.39. The number of ether oxygens (including phenoxy) is 1. The molecule has 4 aromatic rings. The Labute approximate surface area is 193 Å². The molecule has 0 spiro atoms. The molecule has 31 heavy (non-hydrogen) atoms. The fraction of sp³-hybridized carbons (Fsp3) is 0.250. The summed E-state index contributed by atoms with van der Waals surface area (Å²) in [6, 6.07) is 16.0. The second-order valence-electron chi connectivity index (χ2n) is 7.41. The van der Waals surface area contributed by atoms with Crippen molar-refractivity contribution >= 4 is 55.6 Å². The van der Waals surface area contributed by atoms with Gasteiger partial charge in [0.05, 0.1) is 23.1 Å². The molecule has 1 aliphatic carbocycles. The van der Waals surface area contributed by atoms with E-state index >= 15 is 0 Å². The van der Waals surface area contributed by atoms with Gasteiger partial charge in [0.2, 0.25) is 5.91 Å². The quantitative estimate of drug-likeness (QED) is 0.324. The summed E-state index contributed by atoms with van der Waals surface area (Å²) in [5, 5.41) is 5.17. The number of thiazole rings is 1. The molecule has 5 rings (SSSR count). The molecule has 2 aromatic heterocycles. The van der Waals surface area contributed by atoms with Crippen molar-refractivity contribution in [3.8, 4) is 16.3 Å². The van der Waals surface area contributed by atoms with Crippen molar-refractivity contribution in [2.24, 2.45) is 0 Å². The van der Waals surface area contributed by atoms with Crippen LogP contribution >= 0.6 is 34.4 Å². The van der Waals surface area contributed by atoms with Crippen LogP contribution in [0.25, 0.3) is 20.8 Å². The molecule has 0 radical (unpaired) electrons. The smallest absolute Gasteiger partial charge is 0.235 e. The van der Waals surface area contributed by atoms with Crippen molar-refractivity contribution in [3.63, 3.8) is 0 Å². The molecule has 158 valence electrons. The van der Waals surface area contributed by atoms with Gasteiger partial charge in [-0.1, -0.05) is 12.1 Å². The first-order chi connectivity index (χ1) is 15.2. The van der Waals surface area contributed by atoms with Crippen molar-refractivity contribution in [2.75, 3.05) is 18.2 Å². The molecule has 0 fully saturated rings. The number of thioether (sulfide) groups is 1. The average molecular weight is 467 g/mol. The molecule has 0 atom stereocenters. The number of nitrogens with zero attached hydrogens (tertiary/aromatic N) is 1. The zero-order valence-electron chi connectivity index (χ0n) is 17.1. The lowest BCUT2D eigenvalue weighted by Gasteiger charge is -2.11. The van der Waals surface area contributed by atoms with Crippen LogP contribution in [0.5, 0.6) is 5.75 Å². The van der Waals surface area contributed by atoms with Gasteiger partial charge in [-0.05, 0) is 67.6 Å². The summed E-state index contributed by atoms with van der Waals surface area (Å²) in [7, 11) is 1.65. The number of carbonyl (C=O) groups excluding carboxylic acids is 1. The van der Waals surface area contributed by atoms with Crippen molar-refractivity contribution < 1.29 is 9.53 Å². The van der Waals surface area contributed by atoms with Gasteiger partial charge < -0.3 is 10.1 Å².